The number of ether oxygens (including phenoxy) is 1. The summed E-state index contributed by atoms with van der Waals surface area (Å²) in [4.78, 5) is 0. The number of rotatable bonds is 1. The molecule has 0 radical (unpaired) electrons. The molecule has 0 saturated carbocycles. The molecule has 0 aliphatic rings. The first-order chi connectivity index (χ1) is 6.38. The molecule has 0 aromatic heterocycles. The van der Waals surface area contributed by atoms with E-state index in [1.165, 1.54) is 0 Å². The van der Waals surface area contributed by atoms with E-state index in [2.05, 4.69) is 4.74 Å². The number of methoxy groups -OCH3 is 1. The summed E-state index contributed by atoms with van der Waals surface area (Å²) in [5.41, 5.74) is -1.93. The normalized spacial score (nSPS) is 11.6. The molecule has 1 aromatic rings. The molecule has 0 aliphatic carbocycles. The first-order valence-electron chi connectivity index (χ1n) is 3.47. The molecule has 0 bridgehead atoms. The first kappa shape index (κ1) is 10.7. The van der Waals surface area contributed by atoms with Gasteiger partial charge in [0.2, 0.25) is 0 Å². The van der Waals surface area contributed by atoms with Crippen LogP contribution < -0.4 is 4.74 Å². The van der Waals surface area contributed by atoms with Gasteiger partial charge in [-0.3, -0.25) is 0 Å². The third-order valence-corrected chi connectivity index (χ3v) is 1.56. The minimum atomic E-state index is -5.07. The summed E-state index contributed by atoms with van der Waals surface area (Å²) in [6.07, 6.45) is -5.07. The van der Waals surface area contributed by atoms with Crippen LogP contribution >= 0.6 is 0 Å². The molecule has 0 unspecified atom stereocenters. The lowest BCUT2D eigenvalue weighted by Gasteiger charge is -2.11. The average Bonchev–Trinajstić information content (AvgIpc) is 2.02. The summed E-state index contributed by atoms with van der Waals surface area (Å²) < 4.78 is 66.2. The van der Waals surface area contributed by atoms with Crippen LogP contribution in [0.4, 0.5) is 22.0 Å². The Balaban J connectivity index is 3.40. The van der Waals surface area contributed by atoms with Gasteiger partial charge in [0.15, 0.2) is 11.6 Å². The van der Waals surface area contributed by atoms with Gasteiger partial charge < -0.3 is 4.74 Å². The predicted molar refractivity (Wildman–Crippen MR) is 37.9 cm³/mol. The highest BCUT2D eigenvalue weighted by Crippen LogP contribution is 2.36. The van der Waals surface area contributed by atoms with Crippen LogP contribution in [0.2, 0.25) is 0 Å². The Morgan fingerprint density at radius 1 is 1.14 bits per heavy atom. The minimum Gasteiger partial charge on any atom is -0.494 e. The molecule has 1 nitrogen and oxygen atoms in total. The highest BCUT2D eigenvalue weighted by atomic mass is 19.4. The van der Waals surface area contributed by atoms with Crippen molar-refractivity contribution in [1.29, 1.82) is 0 Å². The standard InChI is InChI=1S/C8H5F5O/c1-14-5-3-2-4(9)6(7(5)10)8(11,12)13/h2-3H,1H3. The van der Waals surface area contributed by atoms with Crippen molar-refractivity contribution in [3.05, 3.63) is 29.3 Å². The monoisotopic (exact) mass is 212 g/mol. The fraction of sp³-hybridized carbons (Fsp3) is 0.250. The molecule has 1 aromatic carbocycles. The predicted octanol–water partition coefficient (Wildman–Crippen LogP) is 2.99. The van der Waals surface area contributed by atoms with Crippen LogP contribution in [0.15, 0.2) is 12.1 Å². The van der Waals surface area contributed by atoms with Gasteiger partial charge in [-0.2, -0.15) is 13.2 Å². The van der Waals surface area contributed by atoms with Crippen LogP contribution in [0.25, 0.3) is 0 Å². The van der Waals surface area contributed by atoms with E-state index in [9.17, 15) is 22.0 Å². The van der Waals surface area contributed by atoms with Crippen LogP contribution in [-0.4, -0.2) is 7.11 Å². The maximum atomic E-state index is 12.9. The molecule has 6 heteroatoms. The Morgan fingerprint density at radius 2 is 1.71 bits per heavy atom. The summed E-state index contributed by atoms with van der Waals surface area (Å²) in [6, 6.07) is 1.30. The molecule has 0 fully saturated rings. The van der Waals surface area contributed by atoms with Crippen molar-refractivity contribution in [2.24, 2.45) is 0 Å². The van der Waals surface area contributed by atoms with Gasteiger partial charge >= 0.3 is 6.18 Å². The lowest BCUT2D eigenvalue weighted by atomic mass is 10.2. The minimum absolute atomic E-state index is 0.505. The van der Waals surface area contributed by atoms with Gasteiger partial charge in [-0.1, -0.05) is 0 Å². The van der Waals surface area contributed by atoms with Gasteiger partial charge in [0.25, 0.3) is 0 Å². The maximum Gasteiger partial charge on any atom is 0.422 e. The van der Waals surface area contributed by atoms with Crippen molar-refractivity contribution in [3.63, 3.8) is 0 Å². The summed E-state index contributed by atoms with van der Waals surface area (Å²) in [5.74, 6) is -4.03. The Bertz CT molecular complexity index is 344. The SMILES string of the molecule is COc1ccc(F)c(C(F)(F)F)c1F. The van der Waals surface area contributed by atoms with Crippen molar-refractivity contribution in [3.8, 4) is 5.75 Å². The van der Waals surface area contributed by atoms with Gasteiger partial charge in [-0.05, 0) is 12.1 Å². The lowest BCUT2D eigenvalue weighted by molar-refractivity contribution is -0.142. The summed E-state index contributed by atoms with van der Waals surface area (Å²) in [7, 11) is 0.997. The number of benzene rings is 1. The van der Waals surface area contributed by atoms with Gasteiger partial charge in [0.05, 0.1) is 7.11 Å². The molecule has 78 valence electrons. The van der Waals surface area contributed by atoms with Crippen LogP contribution in [0.3, 0.4) is 0 Å². The first-order valence-corrected chi connectivity index (χ1v) is 3.47. The molecule has 0 spiro atoms. The van der Waals surface area contributed by atoms with Crippen molar-refractivity contribution >= 4 is 0 Å². The van der Waals surface area contributed by atoms with E-state index in [0.717, 1.165) is 13.2 Å². The summed E-state index contributed by atoms with van der Waals surface area (Å²) >= 11 is 0. The smallest absolute Gasteiger partial charge is 0.422 e. The zero-order chi connectivity index (χ0) is 10.9. The van der Waals surface area contributed by atoms with Crippen LogP contribution in [-0.2, 0) is 6.18 Å². The molecule has 0 heterocycles. The third-order valence-electron chi connectivity index (χ3n) is 1.56. The third kappa shape index (κ3) is 1.78. The quantitative estimate of drug-likeness (QED) is 0.650. The van der Waals surface area contributed by atoms with Crippen molar-refractivity contribution < 1.29 is 26.7 Å². The van der Waals surface area contributed by atoms with Gasteiger partial charge in [0.1, 0.15) is 11.4 Å². The second kappa shape index (κ2) is 3.43. The van der Waals surface area contributed by atoms with E-state index in [1.54, 1.807) is 0 Å². The maximum absolute atomic E-state index is 12.9. The molecule has 0 N–H and O–H groups in total. The molecule has 0 aliphatic heterocycles. The molecular formula is C8H5F5O. The second-order valence-electron chi connectivity index (χ2n) is 2.44. The number of hydrogen-bond acceptors (Lipinski definition) is 1. The highest BCUT2D eigenvalue weighted by Gasteiger charge is 2.38. The molecule has 14 heavy (non-hydrogen) atoms. The van der Waals surface area contributed by atoms with Crippen LogP contribution in [0.1, 0.15) is 5.56 Å². The van der Waals surface area contributed by atoms with Crippen LogP contribution in [0.5, 0.6) is 5.75 Å². The number of halogens is 5. The molecule has 0 atom stereocenters. The largest absolute Gasteiger partial charge is 0.494 e. The number of hydrogen-bond donors (Lipinski definition) is 0. The Kier molecular flexibility index (Phi) is 2.64. The van der Waals surface area contributed by atoms with E-state index in [-0.39, 0.29) is 0 Å². The van der Waals surface area contributed by atoms with E-state index < -0.39 is 29.1 Å². The zero-order valence-electron chi connectivity index (χ0n) is 6.95. The summed E-state index contributed by atoms with van der Waals surface area (Å²) in [6.45, 7) is 0. The molecular weight excluding hydrogens is 207 g/mol. The van der Waals surface area contributed by atoms with Gasteiger partial charge in [-0.15, -0.1) is 0 Å². The Labute approximate surface area is 76.1 Å². The van der Waals surface area contributed by atoms with Crippen molar-refractivity contribution in [2.75, 3.05) is 7.11 Å². The van der Waals surface area contributed by atoms with E-state index in [4.69, 9.17) is 0 Å². The van der Waals surface area contributed by atoms with E-state index >= 15 is 0 Å². The van der Waals surface area contributed by atoms with Crippen molar-refractivity contribution in [2.45, 2.75) is 6.18 Å². The number of alkyl halides is 3. The topological polar surface area (TPSA) is 9.23 Å². The lowest BCUT2D eigenvalue weighted by Crippen LogP contribution is -2.12. The Morgan fingerprint density at radius 3 is 2.14 bits per heavy atom. The van der Waals surface area contributed by atoms with E-state index in [0.29, 0.717) is 6.07 Å². The Hall–Kier alpha value is -1.33. The van der Waals surface area contributed by atoms with Crippen LogP contribution in [0, 0.1) is 11.6 Å². The average molecular weight is 212 g/mol. The van der Waals surface area contributed by atoms with Gasteiger partial charge in [-0.25, -0.2) is 8.78 Å². The summed E-state index contributed by atoms with van der Waals surface area (Å²) in [5, 5.41) is 0. The second-order valence-corrected chi connectivity index (χ2v) is 2.44. The molecule has 1 rings (SSSR count). The highest BCUT2D eigenvalue weighted by molar-refractivity contribution is 5.33. The molecule has 0 amide bonds. The zero-order valence-corrected chi connectivity index (χ0v) is 6.95. The fourth-order valence-corrected chi connectivity index (χ4v) is 0.951. The van der Waals surface area contributed by atoms with E-state index in [1.807, 2.05) is 0 Å². The fourth-order valence-electron chi connectivity index (χ4n) is 0.951. The van der Waals surface area contributed by atoms with Crippen molar-refractivity contribution in [1.82, 2.24) is 0 Å². The van der Waals surface area contributed by atoms with Gasteiger partial charge in [0, 0.05) is 0 Å². The molecule has 0 saturated heterocycles.